The zero-order chi connectivity index (χ0) is 15.4. The summed E-state index contributed by atoms with van der Waals surface area (Å²) in [5, 5.41) is 11.6. The molecule has 2 N–H and O–H groups in total. The predicted molar refractivity (Wildman–Crippen MR) is 81.8 cm³/mol. The van der Waals surface area contributed by atoms with Crippen molar-refractivity contribution in [2.45, 2.75) is 13.2 Å². The smallest absolute Gasteiger partial charge is 0.270 e. The molecule has 0 aliphatic carbocycles. The van der Waals surface area contributed by atoms with Crippen molar-refractivity contribution >= 4 is 28.9 Å². The summed E-state index contributed by atoms with van der Waals surface area (Å²) in [6.45, 7) is 0.338. The van der Waals surface area contributed by atoms with Gasteiger partial charge < -0.3 is 10.5 Å². The van der Waals surface area contributed by atoms with E-state index in [1.165, 1.54) is 18.2 Å². The van der Waals surface area contributed by atoms with Crippen LogP contribution in [0.2, 0.25) is 10.0 Å². The van der Waals surface area contributed by atoms with Crippen molar-refractivity contribution in [3.63, 3.8) is 0 Å². The van der Waals surface area contributed by atoms with Crippen molar-refractivity contribution in [1.29, 1.82) is 0 Å². The maximum absolute atomic E-state index is 10.7. The van der Waals surface area contributed by atoms with Crippen LogP contribution >= 0.6 is 23.2 Å². The molecule has 2 aromatic rings. The van der Waals surface area contributed by atoms with Gasteiger partial charge in [0.2, 0.25) is 0 Å². The fourth-order valence-corrected chi connectivity index (χ4v) is 2.17. The van der Waals surface area contributed by atoms with Crippen LogP contribution in [0, 0.1) is 10.1 Å². The highest BCUT2D eigenvalue weighted by molar-refractivity contribution is 6.42. The fraction of sp³-hybridized carbons (Fsp3) is 0.143. The summed E-state index contributed by atoms with van der Waals surface area (Å²) in [6.07, 6.45) is 0. The fourth-order valence-electron chi connectivity index (χ4n) is 1.80. The monoisotopic (exact) mass is 326 g/mol. The van der Waals surface area contributed by atoms with Gasteiger partial charge in [-0.05, 0) is 12.1 Å². The lowest BCUT2D eigenvalue weighted by Gasteiger charge is -2.11. The van der Waals surface area contributed by atoms with E-state index in [0.29, 0.717) is 21.4 Å². The van der Waals surface area contributed by atoms with Crippen LogP contribution in [-0.2, 0) is 13.2 Å². The highest BCUT2D eigenvalue weighted by Gasteiger charge is 2.12. The van der Waals surface area contributed by atoms with Gasteiger partial charge >= 0.3 is 0 Å². The molecule has 21 heavy (non-hydrogen) atoms. The van der Waals surface area contributed by atoms with Crippen molar-refractivity contribution in [3.05, 3.63) is 67.7 Å². The number of halogens is 2. The number of nitrogens with two attached hydrogens (primary N) is 1. The van der Waals surface area contributed by atoms with E-state index in [9.17, 15) is 10.1 Å². The van der Waals surface area contributed by atoms with Crippen LogP contribution < -0.4 is 10.5 Å². The first-order chi connectivity index (χ1) is 10.0. The Morgan fingerprint density at radius 3 is 2.62 bits per heavy atom. The number of rotatable bonds is 5. The van der Waals surface area contributed by atoms with Crippen LogP contribution in [0.25, 0.3) is 0 Å². The van der Waals surface area contributed by atoms with Crippen molar-refractivity contribution in [1.82, 2.24) is 0 Å². The highest BCUT2D eigenvalue weighted by Crippen LogP contribution is 2.28. The zero-order valence-electron chi connectivity index (χ0n) is 10.9. The van der Waals surface area contributed by atoms with Crippen molar-refractivity contribution in [3.8, 4) is 5.75 Å². The lowest BCUT2D eigenvalue weighted by Crippen LogP contribution is -2.04. The van der Waals surface area contributed by atoms with Gasteiger partial charge in [0.1, 0.15) is 12.4 Å². The van der Waals surface area contributed by atoms with Crippen molar-refractivity contribution in [2.24, 2.45) is 5.73 Å². The number of ether oxygens (including phenoxy) is 1. The first kappa shape index (κ1) is 15.6. The Hall–Kier alpha value is -1.82. The first-order valence-electron chi connectivity index (χ1n) is 6.06. The van der Waals surface area contributed by atoms with Crippen molar-refractivity contribution in [2.75, 3.05) is 0 Å². The summed E-state index contributed by atoms with van der Waals surface area (Å²) < 4.78 is 5.64. The van der Waals surface area contributed by atoms with Gasteiger partial charge in [-0.1, -0.05) is 35.3 Å². The maximum atomic E-state index is 10.7. The standard InChI is InChI=1S/C14H12Cl2N2O3/c15-12-3-1-2-9(14(12)16)8-21-13-5-4-11(18(19)20)6-10(13)7-17/h1-6H,7-8,17H2. The molecule has 0 bridgehead atoms. The second-order valence-electron chi connectivity index (χ2n) is 4.25. The van der Waals surface area contributed by atoms with Gasteiger partial charge in [-0.15, -0.1) is 0 Å². The molecule has 7 heteroatoms. The quantitative estimate of drug-likeness (QED) is 0.666. The average Bonchev–Trinajstić information content (AvgIpc) is 2.48. The molecule has 2 aromatic carbocycles. The van der Waals surface area contributed by atoms with Gasteiger partial charge in [0.05, 0.1) is 15.0 Å². The molecule has 0 atom stereocenters. The SMILES string of the molecule is NCc1cc([N+](=O)[O-])ccc1OCc1cccc(Cl)c1Cl. The van der Waals surface area contributed by atoms with Gasteiger partial charge in [-0.3, -0.25) is 10.1 Å². The van der Waals surface area contributed by atoms with Crippen LogP contribution in [0.4, 0.5) is 5.69 Å². The van der Waals surface area contributed by atoms with E-state index in [0.717, 1.165) is 5.56 Å². The summed E-state index contributed by atoms with van der Waals surface area (Å²) >= 11 is 12.0. The van der Waals surface area contributed by atoms with E-state index in [2.05, 4.69) is 0 Å². The second-order valence-corrected chi connectivity index (χ2v) is 5.04. The third-order valence-corrected chi connectivity index (χ3v) is 3.75. The third kappa shape index (κ3) is 3.64. The van der Waals surface area contributed by atoms with Gasteiger partial charge in [-0.2, -0.15) is 0 Å². The van der Waals surface area contributed by atoms with Gasteiger partial charge in [0.25, 0.3) is 5.69 Å². The lowest BCUT2D eigenvalue weighted by molar-refractivity contribution is -0.384. The minimum Gasteiger partial charge on any atom is -0.489 e. The lowest BCUT2D eigenvalue weighted by atomic mass is 10.1. The topological polar surface area (TPSA) is 78.4 Å². The molecule has 2 rings (SSSR count). The van der Waals surface area contributed by atoms with Crippen LogP contribution in [0.3, 0.4) is 0 Å². The van der Waals surface area contributed by atoms with Gasteiger partial charge in [0, 0.05) is 29.8 Å². The van der Waals surface area contributed by atoms with E-state index in [4.69, 9.17) is 33.7 Å². The zero-order valence-corrected chi connectivity index (χ0v) is 12.4. The van der Waals surface area contributed by atoms with E-state index >= 15 is 0 Å². The molecule has 0 aliphatic rings. The van der Waals surface area contributed by atoms with Gasteiger partial charge in [-0.25, -0.2) is 0 Å². The van der Waals surface area contributed by atoms with Crippen molar-refractivity contribution < 1.29 is 9.66 Å². The molecule has 5 nitrogen and oxygen atoms in total. The molecule has 0 saturated carbocycles. The molecule has 0 radical (unpaired) electrons. The largest absolute Gasteiger partial charge is 0.489 e. The minimum absolute atomic E-state index is 0.0245. The summed E-state index contributed by atoms with van der Waals surface area (Å²) in [5.74, 6) is 0.485. The van der Waals surface area contributed by atoms with Crippen LogP contribution in [-0.4, -0.2) is 4.92 Å². The number of nitrogens with zero attached hydrogens (tertiary/aromatic N) is 1. The first-order valence-corrected chi connectivity index (χ1v) is 6.81. The number of hydrogen-bond donors (Lipinski definition) is 1. The summed E-state index contributed by atoms with van der Waals surface area (Å²) in [5.41, 5.74) is 6.85. The molecule has 0 fully saturated rings. The number of nitro groups is 1. The Labute approximate surface area is 131 Å². The molecular weight excluding hydrogens is 315 g/mol. The number of nitro benzene ring substituents is 1. The molecule has 0 spiro atoms. The maximum Gasteiger partial charge on any atom is 0.270 e. The predicted octanol–water partition coefficient (Wildman–Crippen LogP) is 3.94. The Kier molecular flexibility index (Phi) is 5.01. The van der Waals surface area contributed by atoms with E-state index < -0.39 is 4.92 Å². The minimum atomic E-state index is -0.475. The molecule has 0 amide bonds. The van der Waals surface area contributed by atoms with Crippen LogP contribution in [0.1, 0.15) is 11.1 Å². The highest BCUT2D eigenvalue weighted by atomic mass is 35.5. The molecule has 110 valence electrons. The summed E-state index contributed by atoms with van der Waals surface area (Å²) in [7, 11) is 0. The number of hydrogen-bond acceptors (Lipinski definition) is 4. The Morgan fingerprint density at radius 2 is 1.95 bits per heavy atom. The Balaban J connectivity index is 2.20. The Morgan fingerprint density at radius 1 is 1.19 bits per heavy atom. The van der Waals surface area contributed by atoms with Crippen LogP contribution in [0.5, 0.6) is 5.75 Å². The number of benzene rings is 2. The van der Waals surface area contributed by atoms with E-state index in [-0.39, 0.29) is 18.8 Å². The summed E-state index contributed by atoms with van der Waals surface area (Å²) in [6, 6.07) is 9.54. The Bertz CT molecular complexity index is 677. The molecule has 0 saturated heterocycles. The van der Waals surface area contributed by atoms with Crippen LogP contribution in [0.15, 0.2) is 36.4 Å². The number of non-ortho nitro benzene ring substituents is 1. The van der Waals surface area contributed by atoms with E-state index in [1.807, 2.05) is 0 Å². The molecule has 0 heterocycles. The molecule has 0 aromatic heterocycles. The van der Waals surface area contributed by atoms with Gasteiger partial charge in [0.15, 0.2) is 0 Å². The normalized spacial score (nSPS) is 10.4. The molecular formula is C14H12Cl2N2O3. The molecule has 0 unspecified atom stereocenters. The van der Waals surface area contributed by atoms with E-state index in [1.54, 1.807) is 18.2 Å². The summed E-state index contributed by atoms with van der Waals surface area (Å²) in [4.78, 5) is 10.3. The average molecular weight is 327 g/mol. The second kappa shape index (κ2) is 6.76. The third-order valence-electron chi connectivity index (χ3n) is 2.89. The molecule has 0 aliphatic heterocycles.